The topological polar surface area (TPSA) is 32.3 Å². The minimum absolute atomic E-state index is 0.572. The first-order chi connectivity index (χ1) is 9.76. The summed E-state index contributed by atoms with van der Waals surface area (Å²) in [5.41, 5.74) is 0. The van der Waals surface area contributed by atoms with Gasteiger partial charge in [0.15, 0.2) is 0 Å². The number of aryl methyl sites for hydroxylation is 1. The van der Waals surface area contributed by atoms with Gasteiger partial charge in [-0.15, -0.1) is 0 Å². The summed E-state index contributed by atoms with van der Waals surface area (Å²) in [4.78, 5) is 14.0. The summed E-state index contributed by atoms with van der Waals surface area (Å²) >= 11 is 6.14. The Morgan fingerprint density at radius 2 is 2.05 bits per heavy atom. The van der Waals surface area contributed by atoms with Crippen molar-refractivity contribution in [1.82, 2.24) is 14.9 Å². The van der Waals surface area contributed by atoms with Gasteiger partial charge in [-0.3, -0.25) is 4.90 Å². The van der Waals surface area contributed by atoms with Crippen molar-refractivity contribution in [2.75, 3.05) is 31.1 Å². The third-order valence-electron chi connectivity index (χ3n) is 4.35. The highest BCUT2D eigenvalue weighted by atomic mass is 35.5. The van der Waals surface area contributed by atoms with Crippen LogP contribution in [0, 0.1) is 0 Å². The highest BCUT2D eigenvalue weighted by Crippen LogP contribution is 2.25. The van der Waals surface area contributed by atoms with E-state index in [4.69, 9.17) is 11.6 Å². The molecule has 20 heavy (non-hydrogen) atoms. The van der Waals surface area contributed by atoms with Crippen LogP contribution in [0.1, 0.15) is 38.4 Å². The molecule has 0 spiro atoms. The van der Waals surface area contributed by atoms with E-state index in [1.54, 1.807) is 0 Å². The summed E-state index contributed by atoms with van der Waals surface area (Å²) in [5, 5.41) is 0.572. The lowest BCUT2D eigenvalue weighted by molar-refractivity contribution is 0.260. The van der Waals surface area contributed by atoms with Crippen LogP contribution in [0.25, 0.3) is 0 Å². The summed E-state index contributed by atoms with van der Waals surface area (Å²) in [5.74, 6) is 1.88. The SMILES string of the molecule is CCCc1nc(Cl)cc(N2CCC(N3CCCC3)C2)n1. The van der Waals surface area contributed by atoms with Crippen LogP contribution in [0.5, 0.6) is 0 Å². The molecule has 1 aromatic heterocycles. The molecule has 1 aromatic rings. The van der Waals surface area contributed by atoms with Crippen molar-refractivity contribution in [2.45, 2.75) is 45.1 Å². The Labute approximate surface area is 126 Å². The maximum atomic E-state index is 6.14. The summed E-state index contributed by atoms with van der Waals surface area (Å²) in [7, 11) is 0. The van der Waals surface area contributed by atoms with E-state index in [9.17, 15) is 0 Å². The Hall–Kier alpha value is -0.870. The van der Waals surface area contributed by atoms with E-state index >= 15 is 0 Å². The first-order valence-corrected chi connectivity index (χ1v) is 8.16. The molecule has 2 saturated heterocycles. The molecule has 0 saturated carbocycles. The van der Waals surface area contributed by atoms with Crippen molar-refractivity contribution in [3.05, 3.63) is 17.0 Å². The fourth-order valence-electron chi connectivity index (χ4n) is 3.30. The molecule has 4 nitrogen and oxygen atoms in total. The minimum Gasteiger partial charge on any atom is -0.355 e. The van der Waals surface area contributed by atoms with E-state index in [-0.39, 0.29) is 0 Å². The molecule has 0 aromatic carbocycles. The van der Waals surface area contributed by atoms with E-state index < -0.39 is 0 Å². The van der Waals surface area contributed by atoms with Crippen molar-refractivity contribution in [2.24, 2.45) is 0 Å². The second-order valence-electron chi connectivity index (χ2n) is 5.85. The quantitative estimate of drug-likeness (QED) is 0.799. The molecular formula is C15H23ClN4. The van der Waals surface area contributed by atoms with E-state index in [1.807, 2.05) is 6.07 Å². The summed E-state index contributed by atoms with van der Waals surface area (Å²) in [6.07, 6.45) is 5.91. The van der Waals surface area contributed by atoms with Gasteiger partial charge in [0.1, 0.15) is 16.8 Å². The molecular weight excluding hydrogens is 272 g/mol. The Morgan fingerprint density at radius 1 is 1.25 bits per heavy atom. The third kappa shape index (κ3) is 3.07. The predicted molar refractivity (Wildman–Crippen MR) is 82.5 cm³/mol. The maximum Gasteiger partial charge on any atom is 0.134 e. The van der Waals surface area contributed by atoms with Crippen LogP contribution in [0.2, 0.25) is 5.15 Å². The van der Waals surface area contributed by atoms with Gasteiger partial charge in [0.25, 0.3) is 0 Å². The molecule has 0 N–H and O–H groups in total. The summed E-state index contributed by atoms with van der Waals surface area (Å²) < 4.78 is 0. The van der Waals surface area contributed by atoms with Gasteiger partial charge in [0.05, 0.1) is 0 Å². The lowest BCUT2D eigenvalue weighted by Gasteiger charge is -2.24. The van der Waals surface area contributed by atoms with Crippen molar-refractivity contribution in [1.29, 1.82) is 0 Å². The van der Waals surface area contributed by atoms with Crippen molar-refractivity contribution in [3.8, 4) is 0 Å². The zero-order chi connectivity index (χ0) is 13.9. The normalized spacial score (nSPS) is 23.7. The Morgan fingerprint density at radius 3 is 2.80 bits per heavy atom. The van der Waals surface area contributed by atoms with Crippen molar-refractivity contribution < 1.29 is 0 Å². The first kappa shape index (κ1) is 14.1. The summed E-state index contributed by atoms with van der Waals surface area (Å²) in [6.45, 7) is 6.84. The molecule has 3 heterocycles. The van der Waals surface area contributed by atoms with Gasteiger partial charge in [-0.2, -0.15) is 0 Å². The lowest BCUT2D eigenvalue weighted by Crippen LogP contribution is -2.35. The van der Waals surface area contributed by atoms with Gasteiger partial charge < -0.3 is 4.90 Å². The van der Waals surface area contributed by atoms with Gasteiger partial charge in [-0.05, 0) is 38.8 Å². The second-order valence-corrected chi connectivity index (χ2v) is 6.23. The molecule has 2 fully saturated rings. The van der Waals surface area contributed by atoms with Crippen LogP contribution < -0.4 is 4.90 Å². The second kappa shape index (κ2) is 6.27. The highest BCUT2D eigenvalue weighted by Gasteiger charge is 2.30. The molecule has 3 rings (SSSR count). The molecule has 110 valence electrons. The number of hydrogen-bond donors (Lipinski definition) is 0. The lowest BCUT2D eigenvalue weighted by atomic mass is 10.2. The average molecular weight is 295 g/mol. The zero-order valence-electron chi connectivity index (χ0n) is 12.2. The molecule has 0 radical (unpaired) electrons. The van der Waals surface area contributed by atoms with Gasteiger partial charge in [0.2, 0.25) is 0 Å². The van der Waals surface area contributed by atoms with Crippen LogP contribution in [0.4, 0.5) is 5.82 Å². The number of halogens is 1. The fourth-order valence-corrected chi connectivity index (χ4v) is 3.50. The number of rotatable bonds is 4. The molecule has 0 bridgehead atoms. The smallest absolute Gasteiger partial charge is 0.134 e. The van der Waals surface area contributed by atoms with Crippen LogP contribution >= 0.6 is 11.6 Å². The molecule has 0 amide bonds. The number of likely N-dealkylation sites (tertiary alicyclic amines) is 1. The molecule has 2 aliphatic rings. The zero-order valence-corrected chi connectivity index (χ0v) is 12.9. The highest BCUT2D eigenvalue weighted by molar-refractivity contribution is 6.29. The largest absolute Gasteiger partial charge is 0.355 e. The molecule has 0 aliphatic carbocycles. The Balaban J connectivity index is 1.70. The molecule has 1 unspecified atom stereocenters. The van der Waals surface area contributed by atoms with Crippen LogP contribution in [-0.2, 0) is 6.42 Å². The Bertz CT molecular complexity index is 459. The van der Waals surface area contributed by atoms with E-state index in [0.717, 1.165) is 37.6 Å². The number of aromatic nitrogens is 2. The van der Waals surface area contributed by atoms with E-state index in [0.29, 0.717) is 11.2 Å². The molecule has 2 aliphatic heterocycles. The third-order valence-corrected chi connectivity index (χ3v) is 4.54. The van der Waals surface area contributed by atoms with E-state index in [1.165, 1.54) is 32.4 Å². The molecule has 1 atom stereocenters. The first-order valence-electron chi connectivity index (χ1n) is 7.78. The van der Waals surface area contributed by atoms with Crippen molar-refractivity contribution >= 4 is 17.4 Å². The van der Waals surface area contributed by atoms with Crippen LogP contribution in [-0.4, -0.2) is 47.1 Å². The van der Waals surface area contributed by atoms with Crippen LogP contribution in [0.15, 0.2) is 6.07 Å². The fraction of sp³-hybridized carbons (Fsp3) is 0.733. The Kier molecular flexibility index (Phi) is 4.41. The number of hydrogen-bond acceptors (Lipinski definition) is 4. The van der Waals surface area contributed by atoms with Crippen molar-refractivity contribution in [3.63, 3.8) is 0 Å². The van der Waals surface area contributed by atoms with Gasteiger partial charge in [0, 0.05) is 31.6 Å². The number of nitrogens with zero attached hydrogens (tertiary/aromatic N) is 4. The monoisotopic (exact) mass is 294 g/mol. The van der Waals surface area contributed by atoms with Gasteiger partial charge in [-0.25, -0.2) is 9.97 Å². The average Bonchev–Trinajstić information content (AvgIpc) is 3.10. The molecule has 5 heteroatoms. The maximum absolute atomic E-state index is 6.14. The van der Waals surface area contributed by atoms with Gasteiger partial charge in [-0.1, -0.05) is 18.5 Å². The minimum atomic E-state index is 0.572. The van der Waals surface area contributed by atoms with E-state index in [2.05, 4.69) is 26.7 Å². The van der Waals surface area contributed by atoms with Crippen LogP contribution in [0.3, 0.4) is 0 Å². The predicted octanol–water partition coefficient (Wildman–Crippen LogP) is 2.76. The standard InChI is InChI=1S/C15H23ClN4/c1-2-5-14-17-13(16)10-15(18-14)20-9-6-12(11-20)19-7-3-4-8-19/h10,12H,2-9,11H2,1H3. The number of anilines is 1. The summed E-state index contributed by atoms with van der Waals surface area (Å²) in [6, 6.07) is 2.61. The van der Waals surface area contributed by atoms with Gasteiger partial charge >= 0.3 is 0 Å².